The van der Waals surface area contributed by atoms with Crippen molar-refractivity contribution in [3.8, 4) is 11.5 Å². The largest absolute Gasteiger partial charge is 0.497 e. The van der Waals surface area contributed by atoms with Gasteiger partial charge in [-0.2, -0.15) is 0 Å². The van der Waals surface area contributed by atoms with Gasteiger partial charge in [-0.25, -0.2) is 0 Å². The molecule has 2 aromatic carbocycles. The molecule has 34 heavy (non-hydrogen) atoms. The summed E-state index contributed by atoms with van der Waals surface area (Å²) in [6.45, 7) is 1.15. The van der Waals surface area contributed by atoms with Crippen molar-refractivity contribution in [2.24, 2.45) is 11.8 Å². The SMILES string of the molecule is COc1cc(OC)cc(C(=O)N2CCC(C(=O)NC(Cc3ccccc3)C3CCCC3)CC2)c1. The van der Waals surface area contributed by atoms with Crippen LogP contribution in [0.25, 0.3) is 0 Å². The number of amides is 2. The zero-order valence-electron chi connectivity index (χ0n) is 20.3. The van der Waals surface area contributed by atoms with Crippen LogP contribution in [0.2, 0.25) is 0 Å². The molecule has 2 aromatic rings. The summed E-state index contributed by atoms with van der Waals surface area (Å²) in [5.74, 6) is 1.77. The maximum atomic E-state index is 13.2. The molecule has 6 nitrogen and oxygen atoms in total. The smallest absolute Gasteiger partial charge is 0.254 e. The molecule has 1 aliphatic heterocycles. The highest BCUT2D eigenvalue weighted by Crippen LogP contribution is 2.30. The van der Waals surface area contributed by atoms with Crippen LogP contribution in [0.5, 0.6) is 11.5 Å². The van der Waals surface area contributed by atoms with Crippen LogP contribution in [0.1, 0.15) is 54.4 Å². The van der Waals surface area contributed by atoms with Gasteiger partial charge in [0, 0.05) is 36.7 Å². The Morgan fingerprint density at radius 2 is 1.56 bits per heavy atom. The number of hydrogen-bond donors (Lipinski definition) is 1. The van der Waals surface area contributed by atoms with Crippen LogP contribution in [-0.2, 0) is 11.2 Å². The topological polar surface area (TPSA) is 67.9 Å². The van der Waals surface area contributed by atoms with Gasteiger partial charge in [0.15, 0.2) is 0 Å². The summed E-state index contributed by atoms with van der Waals surface area (Å²) in [6, 6.07) is 15.9. The summed E-state index contributed by atoms with van der Waals surface area (Å²) in [5, 5.41) is 3.41. The van der Waals surface area contributed by atoms with Crippen LogP contribution in [0.3, 0.4) is 0 Å². The average molecular weight is 465 g/mol. The molecule has 1 atom stereocenters. The van der Waals surface area contributed by atoms with Gasteiger partial charge in [0.1, 0.15) is 11.5 Å². The minimum atomic E-state index is -0.0522. The van der Waals surface area contributed by atoms with Crippen molar-refractivity contribution in [1.29, 1.82) is 0 Å². The first-order chi connectivity index (χ1) is 16.6. The maximum Gasteiger partial charge on any atom is 0.254 e. The number of piperidine rings is 1. The molecule has 2 fully saturated rings. The molecular weight excluding hydrogens is 428 g/mol. The summed E-state index contributed by atoms with van der Waals surface area (Å²) in [5.41, 5.74) is 1.82. The van der Waals surface area contributed by atoms with E-state index in [1.807, 2.05) is 11.0 Å². The quantitative estimate of drug-likeness (QED) is 0.626. The van der Waals surface area contributed by atoms with Crippen molar-refractivity contribution in [2.45, 2.75) is 51.0 Å². The summed E-state index contributed by atoms with van der Waals surface area (Å²) >= 11 is 0. The number of rotatable bonds is 8. The minimum Gasteiger partial charge on any atom is -0.497 e. The van der Waals surface area contributed by atoms with Gasteiger partial charge in [-0.3, -0.25) is 9.59 Å². The Hall–Kier alpha value is -3.02. The Labute approximate surface area is 202 Å². The Kier molecular flexibility index (Phi) is 8.09. The van der Waals surface area contributed by atoms with Crippen molar-refractivity contribution in [1.82, 2.24) is 10.2 Å². The highest BCUT2D eigenvalue weighted by atomic mass is 16.5. The fourth-order valence-corrected chi connectivity index (χ4v) is 5.32. The predicted molar refractivity (Wildman–Crippen MR) is 132 cm³/mol. The second-order valence-electron chi connectivity index (χ2n) is 9.52. The fraction of sp³-hybridized carbons (Fsp3) is 0.500. The van der Waals surface area contributed by atoms with Gasteiger partial charge in [-0.05, 0) is 55.7 Å². The lowest BCUT2D eigenvalue weighted by atomic mass is 9.90. The first-order valence-electron chi connectivity index (χ1n) is 12.4. The zero-order valence-corrected chi connectivity index (χ0v) is 20.3. The number of carbonyl (C=O) groups is 2. The maximum absolute atomic E-state index is 13.2. The molecule has 1 heterocycles. The van der Waals surface area contributed by atoms with E-state index in [-0.39, 0.29) is 23.8 Å². The summed E-state index contributed by atoms with van der Waals surface area (Å²) in [6.07, 6.45) is 7.13. The van der Waals surface area contributed by atoms with E-state index in [9.17, 15) is 9.59 Å². The Morgan fingerprint density at radius 1 is 0.941 bits per heavy atom. The van der Waals surface area contributed by atoms with Gasteiger partial charge in [0.25, 0.3) is 5.91 Å². The minimum absolute atomic E-state index is 0.0519. The molecular formula is C28H36N2O4. The molecule has 1 aliphatic carbocycles. The van der Waals surface area contributed by atoms with Crippen molar-refractivity contribution >= 4 is 11.8 Å². The molecule has 182 valence electrons. The number of nitrogens with one attached hydrogen (secondary N) is 1. The fourth-order valence-electron chi connectivity index (χ4n) is 5.32. The molecule has 0 radical (unpaired) electrons. The van der Waals surface area contributed by atoms with Gasteiger partial charge in [0.2, 0.25) is 5.91 Å². The molecule has 0 aromatic heterocycles. The molecule has 1 unspecified atom stereocenters. The van der Waals surface area contributed by atoms with Crippen molar-refractivity contribution in [3.63, 3.8) is 0 Å². The zero-order chi connectivity index (χ0) is 23.9. The van der Waals surface area contributed by atoms with Crippen molar-refractivity contribution in [2.75, 3.05) is 27.3 Å². The molecule has 0 bridgehead atoms. The number of likely N-dealkylation sites (tertiary alicyclic amines) is 1. The molecule has 0 spiro atoms. The van der Waals surface area contributed by atoms with Crippen molar-refractivity contribution < 1.29 is 19.1 Å². The second-order valence-corrected chi connectivity index (χ2v) is 9.52. The normalized spacial score (nSPS) is 17.9. The predicted octanol–water partition coefficient (Wildman–Crippen LogP) is 4.47. The first kappa shape index (κ1) is 24.1. The summed E-state index contributed by atoms with van der Waals surface area (Å²) in [7, 11) is 3.15. The van der Waals surface area contributed by atoms with Crippen molar-refractivity contribution in [3.05, 3.63) is 59.7 Å². The van der Waals surface area contributed by atoms with E-state index in [0.717, 1.165) is 6.42 Å². The third-order valence-corrected chi connectivity index (χ3v) is 7.35. The van der Waals surface area contributed by atoms with Gasteiger partial charge in [0.05, 0.1) is 14.2 Å². The molecule has 4 rings (SSSR count). The highest BCUT2D eigenvalue weighted by molar-refractivity contribution is 5.95. The second kappa shape index (κ2) is 11.4. The Bertz CT molecular complexity index is 941. The summed E-state index contributed by atoms with van der Waals surface area (Å²) in [4.78, 5) is 28.1. The van der Waals surface area contributed by atoms with Crippen LogP contribution in [0, 0.1) is 11.8 Å². The third-order valence-electron chi connectivity index (χ3n) is 7.35. The van der Waals surface area contributed by atoms with E-state index in [1.54, 1.807) is 32.4 Å². The standard InChI is InChI=1S/C28H36N2O4/c1-33-24-17-23(18-25(19-24)34-2)28(32)30-14-12-22(13-15-30)27(31)29-26(21-10-6-7-11-21)16-20-8-4-3-5-9-20/h3-5,8-9,17-19,21-22,26H,6-7,10-16H2,1-2H3,(H,29,31). The van der Waals surface area contributed by atoms with Crippen LogP contribution >= 0.6 is 0 Å². The first-order valence-corrected chi connectivity index (χ1v) is 12.4. The van der Waals surface area contributed by atoms with Crippen LogP contribution < -0.4 is 14.8 Å². The number of hydrogen-bond acceptors (Lipinski definition) is 4. The molecule has 1 saturated heterocycles. The van der Waals surface area contributed by atoms with Crippen LogP contribution in [0.15, 0.2) is 48.5 Å². The molecule has 1 saturated carbocycles. The number of methoxy groups -OCH3 is 2. The Balaban J connectivity index is 1.35. The van der Waals surface area contributed by atoms with Crippen LogP contribution in [-0.4, -0.2) is 50.1 Å². The molecule has 2 aliphatic rings. The lowest BCUT2D eigenvalue weighted by Gasteiger charge is -2.33. The van der Waals surface area contributed by atoms with E-state index in [1.165, 1.54) is 31.2 Å². The number of benzene rings is 2. The van der Waals surface area contributed by atoms with E-state index < -0.39 is 0 Å². The van der Waals surface area contributed by atoms with E-state index >= 15 is 0 Å². The highest BCUT2D eigenvalue weighted by Gasteiger charge is 2.32. The molecule has 2 amide bonds. The summed E-state index contributed by atoms with van der Waals surface area (Å²) < 4.78 is 10.6. The number of nitrogens with zero attached hydrogens (tertiary/aromatic N) is 1. The molecule has 1 N–H and O–H groups in total. The van der Waals surface area contributed by atoms with Gasteiger partial charge < -0.3 is 19.7 Å². The third kappa shape index (κ3) is 5.91. The van der Waals surface area contributed by atoms with Crippen LogP contribution in [0.4, 0.5) is 0 Å². The molecule has 6 heteroatoms. The van der Waals surface area contributed by atoms with Gasteiger partial charge in [-0.1, -0.05) is 43.2 Å². The van der Waals surface area contributed by atoms with Gasteiger partial charge in [-0.15, -0.1) is 0 Å². The van der Waals surface area contributed by atoms with E-state index in [0.29, 0.717) is 48.9 Å². The van der Waals surface area contributed by atoms with Gasteiger partial charge >= 0.3 is 0 Å². The average Bonchev–Trinajstić information content (AvgIpc) is 3.43. The van der Waals surface area contributed by atoms with E-state index in [4.69, 9.17) is 9.47 Å². The Morgan fingerprint density at radius 3 is 2.15 bits per heavy atom. The lowest BCUT2D eigenvalue weighted by molar-refractivity contribution is -0.127. The number of ether oxygens (including phenoxy) is 2. The lowest BCUT2D eigenvalue weighted by Crippen LogP contribution is -2.47. The monoisotopic (exact) mass is 464 g/mol. The number of carbonyl (C=O) groups excluding carboxylic acids is 2. The van der Waals surface area contributed by atoms with E-state index in [2.05, 4.69) is 29.6 Å².